The number of fused-ring (bicyclic) bond motifs is 1. The first kappa shape index (κ1) is 21.4. The number of carbonyl (C=O) groups excluding carboxylic acids is 1. The maximum atomic E-state index is 13.0. The van der Waals surface area contributed by atoms with Crippen molar-refractivity contribution in [1.29, 1.82) is 0 Å². The molecule has 1 aliphatic carbocycles. The summed E-state index contributed by atoms with van der Waals surface area (Å²) in [4.78, 5) is 32.5. The molecule has 0 unspecified atom stereocenters. The van der Waals surface area contributed by atoms with Crippen LogP contribution in [0.4, 0.5) is 0 Å². The van der Waals surface area contributed by atoms with Crippen LogP contribution in [-0.2, 0) is 11.3 Å². The molecule has 2 heterocycles. The van der Waals surface area contributed by atoms with Crippen LogP contribution in [0.25, 0.3) is 10.2 Å². The Hall–Kier alpha value is -1.34. The molecule has 2 aromatic heterocycles. The third-order valence-corrected chi connectivity index (χ3v) is 8.45. The Morgan fingerprint density at radius 2 is 2.07 bits per heavy atom. The lowest BCUT2D eigenvalue weighted by molar-refractivity contribution is -0.121. The van der Waals surface area contributed by atoms with Crippen LogP contribution in [0, 0.1) is 25.7 Å². The molecule has 0 bridgehead atoms. The predicted octanol–water partition coefficient (Wildman–Crippen LogP) is 4.52. The van der Waals surface area contributed by atoms with Gasteiger partial charge in [-0.2, -0.15) is 0 Å². The molecule has 154 valence electrons. The number of aromatic nitrogens is 2. The van der Waals surface area contributed by atoms with Gasteiger partial charge in [-0.15, -0.1) is 11.3 Å². The number of nitrogens with one attached hydrogen (secondary N) is 1. The minimum absolute atomic E-state index is 0.000754. The molecular formula is C21H31N3O2S2. The Morgan fingerprint density at radius 1 is 1.36 bits per heavy atom. The molecule has 0 spiro atoms. The van der Waals surface area contributed by atoms with Crippen molar-refractivity contribution >= 4 is 39.2 Å². The van der Waals surface area contributed by atoms with Crippen LogP contribution in [0.3, 0.4) is 0 Å². The lowest BCUT2D eigenvalue weighted by Crippen LogP contribution is -2.46. The van der Waals surface area contributed by atoms with Crippen molar-refractivity contribution in [2.45, 2.75) is 83.8 Å². The van der Waals surface area contributed by atoms with Gasteiger partial charge in [0.1, 0.15) is 4.83 Å². The van der Waals surface area contributed by atoms with E-state index in [2.05, 4.69) is 19.2 Å². The first-order valence-electron chi connectivity index (χ1n) is 10.2. The molecule has 1 N–H and O–H groups in total. The molecular weight excluding hydrogens is 390 g/mol. The van der Waals surface area contributed by atoms with Crippen LogP contribution in [0.2, 0.25) is 0 Å². The van der Waals surface area contributed by atoms with Crippen molar-refractivity contribution in [3.8, 4) is 0 Å². The Bertz CT molecular complexity index is 934. The van der Waals surface area contributed by atoms with Gasteiger partial charge < -0.3 is 5.32 Å². The summed E-state index contributed by atoms with van der Waals surface area (Å²) >= 11 is 2.94. The summed E-state index contributed by atoms with van der Waals surface area (Å²) in [5.41, 5.74) is 1.02. The van der Waals surface area contributed by atoms with E-state index >= 15 is 0 Å². The van der Waals surface area contributed by atoms with Crippen LogP contribution in [0.15, 0.2) is 9.95 Å². The number of rotatable bonds is 5. The zero-order chi connectivity index (χ0) is 20.6. The number of hydrogen-bond acceptors (Lipinski definition) is 5. The van der Waals surface area contributed by atoms with E-state index in [1.807, 2.05) is 27.7 Å². The van der Waals surface area contributed by atoms with Gasteiger partial charge in [0.05, 0.1) is 10.6 Å². The molecule has 0 radical (unpaired) electrons. The van der Waals surface area contributed by atoms with Crippen molar-refractivity contribution in [1.82, 2.24) is 14.9 Å². The Balaban J connectivity index is 1.81. The maximum Gasteiger partial charge on any atom is 0.263 e. The molecule has 28 heavy (non-hydrogen) atoms. The molecule has 0 saturated heterocycles. The van der Waals surface area contributed by atoms with Crippen LogP contribution in [0.1, 0.15) is 57.4 Å². The summed E-state index contributed by atoms with van der Waals surface area (Å²) in [5, 5.41) is 4.30. The maximum absolute atomic E-state index is 13.0. The summed E-state index contributed by atoms with van der Waals surface area (Å²) in [6, 6.07) is 0.241. The number of thioether (sulfide) groups is 1. The number of thiophene rings is 1. The second-order valence-electron chi connectivity index (χ2n) is 8.05. The molecule has 4 atom stereocenters. The normalized spacial score (nSPS) is 23.7. The standard InChI is InChI=1S/C21H31N3O2S2/c1-7-24-20(26)17-13(4)14(5)27-19(17)23-21(24)28-15(6)18(25)22-16-10-8-9-11(2)12(16)3/h11-12,15-16H,7-10H2,1-6H3,(H,22,25)/t11-,12-,15+,16-/m0/s1. The molecule has 1 fully saturated rings. The molecule has 3 rings (SSSR count). The smallest absolute Gasteiger partial charge is 0.263 e. The van der Waals surface area contributed by atoms with Crippen LogP contribution < -0.4 is 10.9 Å². The van der Waals surface area contributed by atoms with Gasteiger partial charge in [-0.25, -0.2) is 4.98 Å². The third-order valence-electron chi connectivity index (χ3n) is 6.26. The van der Waals surface area contributed by atoms with Gasteiger partial charge in [0.25, 0.3) is 5.56 Å². The monoisotopic (exact) mass is 421 g/mol. The fraction of sp³-hybridized carbons (Fsp3) is 0.667. The van der Waals surface area contributed by atoms with Crippen molar-refractivity contribution in [3.63, 3.8) is 0 Å². The lowest BCUT2D eigenvalue weighted by atomic mass is 9.78. The average molecular weight is 422 g/mol. The first-order chi connectivity index (χ1) is 13.2. The number of aryl methyl sites for hydroxylation is 2. The predicted molar refractivity (Wildman–Crippen MR) is 118 cm³/mol. The number of nitrogens with zero attached hydrogens (tertiary/aromatic N) is 2. The highest BCUT2D eigenvalue weighted by molar-refractivity contribution is 8.00. The molecule has 1 aliphatic rings. The zero-order valence-electron chi connectivity index (χ0n) is 17.7. The van der Waals surface area contributed by atoms with Gasteiger partial charge in [0.15, 0.2) is 5.16 Å². The highest BCUT2D eigenvalue weighted by Gasteiger charge is 2.30. The number of carbonyl (C=O) groups is 1. The van der Waals surface area contributed by atoms with E-state index < -0.39 is 0 Å². The van der Waals surface area contributed by atoms with Crippen molar-refractivity contribution in [2.24, 2.45) is 11.8 Å². The van der Waals surface area contributed by atoms with Gasteiger partial charge in [-0.3, -0.25) is 14.2 Å². The molecule has 1 saturated carbocycles. The van der Waals surface area contributed by atoms with Crippen molar-refractivity contribution < 1.29 is 4.79 Å². The summed E-state index contributed by atoms with van der Waals surface area (Å²) in [6.07, 6.45) is 3.46. The van der Waals surface area contributed by atoms with E-state index in [4.69, 9.17) is 4.98 Å². The largest absolute Gasteiger partial charge is 0.352 e. The van der Waals surface area contributed by atoms with Gasteiger partial charge in [-0.05, 0) is 51.5 Å². The van der Waals surface area contributed by atoms with Gasteiger partial charge in [0.2, 0.25) is 5.91 Å². The molecule has 7 heteroatoms. The van der Waals surface area contributed by atoms with Gasteiger partial charge in [-0.1, -0.05) is 38.5 Å². The van der Waals surface area contributed by atoms with E-state index in [-0.39, 0.29) is 22.8 Å². The zero-order valence-corrected chi connectivity index (χ0v) is 19.3. The summed E-state index contributed by atoms with van der Waals surface area (Å²) in [6.45, 7) is 12.9. The molecule has 1 amide bonds. The SMILES string of the molecule is CCn1c(S[C@H](C)C(=O)N[C@H]2CCC[C@H](C)[C@@H]2C)nc2sc(C)c(C)c2c1=O. The van der Waals surface area contributed by atoms with Crippen LogP contribution in [-0.4, -0.2) is 26.8 Å². The Labute approximate surface area is 175 Å². The van der Waals surface area contributed by atoms with Crippen LogP contribution >= 0.6 is 23.1 Å². The van der Waals surface area contributed by atoms with Crippen LogP contribution in [0.5, 0.6) is 0 Å². The van der Waals surface area contributed by atoms with Gasteiger partial charge >= 0.3 is 0 Å². The number of hydrogen-bond donors (Lipinski definition) is 1. The fourth-order valence-corrected chi connectivity index (χ4v) is 6.03. The second-order valence-corrected chi connectivity index (χ2v) is 10.6. The van der Waals surface area contributed by atoms with E-state index in [0.29, 0.717) is 23.5 Å². The topological polar surface area (TPSA) is 64.0 Å². The average Bonchev–Trinajstić information content (AvgIpc) is 2.93. The van der Waals surface area contributed by atoms with Crippen molar-refractivity contribution in [2.75, 3.05) is 0 Å². The van der Waals surface area contributed by atoms with E-state index in [9.17, 15) is 9.59 Å². The Kier molecular flexibility index (Phi) is 6.54. The van der Waals surface area contributed by atoms with E-state index in [0.717, 1.165) is 27.1 Å². The van der Waals surface area contributed by atoms with Gasteiger partial charge in [0, 0.05) is 17.5 Å². The molecule has 2 aromatic rings. The minimum Gasteiger partial charge on any atom is -0.352 e. The van der Waals surface area contributed by atoms with E-state index in [1.54, 1.807) is 15.9 Å². The quantitative estimate of drug-likeness (QED) is 0.570. The summed E-state index contributed by atoms with van der Waals surface area (Å²) in [7, 11) is 0. The highest BCUT2D eigenvalue weighted by atomic mass is 32.2. The lowest BCUT2D eigenvalue weighted by Gasteiger charge is -2.35. The Morgan fingerprint density at radius 3 is 2.75 bits per heavy atom. The fourth-order valence-electron chi connectivity index (χ4n) is 3.97. The number of amides is 1. The third kappa shape index (κ3) is 4.01. The summed E-state index contributed by atoms with van der Waals surface area (Å²) < 4.78 is 1.70. The van der Waals surface area contributed by atoms with E-state index in [1.165, 1.54) is 24.6 Å². The highest BCUT2D eigenvalue weighted by Crippen LogP contribution is 2.31. The summed E-state index contributed by atoms with van der Waals surface area (Å²) in [5.74, 6) is 1.17. The molecule has 0 aromatic carbocycles. The molecule has 0 aliphatic heterocycles. The second kappa shape index (κ2) is 8.57. The first-order valence-corrected chi connectivity index (χ1v) is 11.9. The minimum atomic E-state index is -0.297. The molecule has 5 nitrogen and oxygen atoms in total. The van der Waals surface area contributed by atoms with Crippen molar-refractivity contribution in [3.05, 3.63) is 20.8 Å².